The van der Waals surface area contributed by atoms with Crippen LogP contribution in [0.2, 0.25) is 0 Å². The molecule has 0 amide bonds. The second kappa shape index (κ2) is 4.52. The van der Waals surface area contributed by atoms with Gasteiger partial charge in [0.15, 0.2) is 9.84 Å². The molecule has 2 bridgehead atoms. The number of unbranched alkanes of at least 4 members (excludes halogenated alkanes) is 1. The predicted octanol–water partition coefficient (Wildman–Crippen LogP) is 3.85. The molecule has 0 aromatic heterocycles. The summed E-state index contributed by atoms with van der Waals surface area (Å²) in [5.41, 5.74) is 1.47. The Hall–Kier alpha value is -0.570. The molecule has 2 aliphatic rings. The van der Waals surface area contributed by atoms with Crippen molar-refractivity contribution >= 4 is 9.84 Å². The topological polar surface area (TPSA) is 34.1 Å². The molecule has 0 spiro atoms. The summed E-state index contributed by atoms with van der Waals surface area (Å²) in [4.78, 5) is 0.681. The van der Waals surface area contributed by atoms with E-state index in [0.717, 1.165) is 12.8 Å². The molecular formula is C15H24O2S. The summed E-state index contributed by atoms with van der Waals surface area (Å²) in [5, 5.41) is 0. The summed E-state index contributed by atoms with van der Waals surface area (Å²) < 4.78 is 24.3. The van der Waals surface area contributed by atoms with E-state index in [2.05, 4.69) is 13.0 Å². The highest BCUT2D eigenvalue weighted by Gasteiger charge is 2.43. The van der Waals surface area contributed by atoms with Gasteiger partial charge in [0.1, 0.15) is 0 Å². The van der Waals surface area contributed by atoms with Crippen molar-refractivity contribution in [2.24, 2.45) is 11.8 Å². The van der Waals surface area contributed by atoms with Crippen molar-refractivity contribution in [3.05, 3.63) is 22.6 Å². The summed E-state index contributed by atoms with van der Waals surface area (Å²) in [6.07, 6.45) is 8.78. The fourth-order valence-electron chi connectivity index (χ4n) is 2.86. The molecule has 0 heterocycles. The van der Waals surface area contributed by atoms with Crippen molar-refractivity contribution < 1.29 is 8.42 Å². The Labute approximate surface area is 111 Å². The van der Waals surface area contributed by atoms with Crippen molar-refractivity contribution in [3.63, 3.8) is 0 Å². The van der Waals surface area contributed by atoms with Gasteiger partial charge in [-0.3, -0.25) is 0 Å². The minimum absolute atomic E-state index is 0.158. The van der Waals surface area contributed by atoms with Crippen molar-refractivity contribution in [2.45, 2.75) is 58.1 Å². The van der Waals surface area contributed by atoms with Crippen LogP contribution in [0.1, 0.15) is 53.4 Å². The maximum atomic E-state index is 12.5. The molecule has 3 heteroatoms. The number of sulfone groups is 1. The van der Waals surface area contributed by atoms with Crippen LogP contribution in [-0.2, 0) is 9.84 Å². The average molecular weight is 268 g/mol. The summed E-state index contributed by atoms with van der Waals surface area (Å²) in [6, 6.07) is 0. The van der Waals surface area contributed by atoms with E-state index < -0.39 is 14.6 Å². The number of fused-ring (bicyclic) bond motifs is 2. The van der Waals surface area contributed by atoms with E-state index in [1.807, 2.05) is 6.08 Å². The lowest BCUT2D eigenvalue weighted by atomic mass is 9.98. The first-order valence-corrected chi connectivity index (χ1v) is 8.42. The zero-order valence-electron chi connectivity index (χ0n) is 11.9. The first kappa shape index (κ1) is 13.9. The van der Waals surface area contributed by atoms with Crippen LogP contribution in [0.25, 0.3) is 0 Å². The van der Waals surface area contributed by atoms with Gasteiger partial charge in [0, 0.05) is 10.8 Å². The molecule has 2 rings (SSSR count). The number of hydrogen-bond acceptors (Lipinski definition) is 2. The Morgan fingerprint density at radius 3 is 2.33 bits per heavy atom. The molecule has 0 saturated heterocycles. The molecule has 2 atom stereocenters. The molecule has 0 aromatic rings. The van der Waals surface area contributed by atoms with Crippen molar-refractivity contribution in [1.29, 1.82) is 0 Å². The fraction of sp³-hybridized carbons (Fsp3) is 0.733. The maximum Gasteiger partial charge on any atom is 0.179 e. The standard InChI is InChI=1S/C15H24O2S/c1-5-6-7-11-8-13-9-12(11)10-14(13)18(16,17)15(2,3)4/h8,10,12-13H,5-7,9H2,1-4H3/t12-,13+/m1/s1. The molecule has 102 valence electrons. The van der Waals surface area contributed by atoms with Crippen LogP contribution in [0.15, 0.2) is 22.6 Å². The van der Waals surface area contributed by atoms with Gasteiger partial charge in [0.25, 0.3) is 0 Å². The molecule has 0 N–H and O–H groups in total. The van der Waals surface area contributed by atoms with Crippen molar-refractivity contribution in [3.8, 4) is 0 Å². The quantitative estimate of drug-likeness (QED) is 0.726. The van der Waals surface area contributed by atoms with Gasteiger partial charge in [0.05, 0.1) is 4.75 Å². The Morgan fingerprint density at radius 2 is 1.89 bits per heavy atom. The average Bonchev–Trinajstić information content (AvgIpc) is 2.83. The molecule has 0 aliphatic heterocycles. The van der Waals surface area contributed by atoms with Gasteiger partial charge in [-0.05, 0) is 46.0 Å². The smallest absolute Gasteiger partial charge is 0.179 e. The van der Waals surface area contributed by atoms with Gasteiger partial charge in [0.2, 0.25) is 0 Å². The van der Waals surface area contributed by atoms with E-state index in [4.69, 9.17) is 0 Å². The van der Waals surface area contributed by atoms with Crippen molar-refractivity contribution in [1.82, 2.24) is 0 Å². The Morgan fingerprint density at radius 1 is 1.22 bits per heavy atom. The highest BCUT2D eigenvalue weighted by Crippen LogP contribution is 2.48. The largest absolute Gasteiger partial charge is 0.223 e. The van der Waals surface area contributed by atoms with Gasteiger partial charge in [-0.1, -0.05) is 31.1 Å². The SMILES string of the molecule is CCCCC1=C[C@H]2C[C@@H]1C=C2S(=O)(=O)C(C)(C)C. The number of rotatable bonds is 4. The first-order valence-electron chi connectivity index (χ1n) is 6.94. The summed E-state index contributed by atoms with van der Waals surface area (Å²) in [5.74, 6) is 0.555. The molecule has 18 heavy (non-hydrogen) atoms. The highest BCUT2D eigenvalue weighted by atomic mass is 32.2. The monoisotopic (exact) mass is 268 g/mol. The molecule has 0 saturated carbocycles. The lowest BCUT2D eigenvalue weighted by Crippen LogP contribution is -2.30. The molecule has 2 aliphatic carbocycles. The van der Waals surface area contributed by atoms with Crippen molar-refractivity contribution in [2.75, 3.05) is 0 Å². The first-order chi connectivity index (χ1) is 8.27. The van der Waals surface area contributed by atoms with Gasteiger partial charge in [-0.15, -0.1) is 0 Å². The predicted molar refractivity (Wildman–Crippen MR) is 76.0 cm³/mol. The molecule has 0 fully saturated rings. The second-order valence-electron chi connectivity index (χ2n) is 6.48. The van der Waals surface area contributed by atoms with Gasteiger partial charge in [-0.25, -0.2) is 8.42 Å². The fourth-order valence-corrected chi connectivity index (χ4v) is 4.48. The summed E-state index contributed by atoms with van der Waals surface area (Å²) in [6.45, 7) is 7.56. The Bertz CT molecular complexity index is 489. The van der Waals surface area contributed by atoms with E-state index in [1.165, 1.54) is 18.4 Å². The zero-order valence-corrected chi connectivity index (χ0v) is 12.7. The van der Waals surface area contributed by atoms with Crippen LogP contribution in [0.3, 0.4) is 0 Å². The van der Waals surface area contributed by atoms with Crippen LogP contribution in [0.4, 0.5) is 0 Å². The lowest BCUT2D eigenvalue weighted by Gasteiger charge is -2.23. The molecule has 0 unspecified atom stereocenters. The number of allylic oxidation sites excluding steroid dienone is 4. The van der Waals surface area contributed by atoms with E-state index in [-0.39, 0.29) is 5.92 Å². The second-order valence-corrected chi connectivity index (χ2v) is 9.18. The van der Waals surface area contributed by atoms with E-state index >= 15 is 0 Å². The normalized spacial score (nSPS) is 27.3. The zero-order chi connectivity index (χ0) is 13.6. The Balaban J connectivity index is 2.18. The third-order valence-electron chi connectivity index (χ3n) is 4.07. The van der Waals surface area contributed by atoms with Crippen LogP contribution >= 0.6 is 0 Å². The minimum atomic E-state index is -3.13. The lowest BCUT2D eigenvalue weighted by molar-refractivity contribution is 0.562. The maximum absolute atomic E-state index is 12.5. The third kappa shape index (κ3) is 2.18. The third-order valence-corrected chi connectivity index (χ3v) is 6.74. The molecule has 0 radical (unpaired) electrons. The molecule has 0 aromatic carbocycles. The van der Waals surface area contributed by atoms with E-state index in [9.17, 15) is 8.42 Å². The van der Waals surface area contributed by atoms with Gasteiger partial charge in [-0.2, -0.15) is 0 Å². The summed E-state index contributed by atoms with van der Waals surface area (Å²) >= 11 is 0. The number of hydrogen-bond donors (Lipinski definition) is 0. The van der Waals surface area contributed by atoms with Gasteiger partial charge >= 0.3 is 0 Å². The Kier molecular flexibility index (Phi) is 3.48. The molecular weight excluding hydrogens is 244 g/mol. The van der Waals surface area contributed by atoms with E-state index in [0.29, 0.717) is 10.8 Å². The van der Waals surface area contributed by atoms with E-state index in [1.54, 1.807) is 20.8 Å². The highest BCUT2D eigenvalue weighted by molar-refractivity contribution is 7.96. The van der Waals surface area contributed by atoms with Crippen LogP contribution in [-0.4, -0.2) is 13.2 Å². The molecule has 2 nitrogen and oxygen atoms in total. The summed E-state index contributed by atoms with van der Waals surface area (Å²) in [7, 11) is -3.13. The van der Waals surface area contributed by atoms with Crippen LogP contribution in [0, 0.1) is 11.8 Å². The van der Waals surface area contributed by atoms with Gasteiger partial charge < -0.3 is 0 Å². The minimum Gasteiger partial charge on any atom is -0.223 e. The van der Waals surface area contributed by atoms with Crippen LogP contribution < -0.4 is 0 Å². The van der Waals surface area contributed by atoms with Crippen LogP contribution in [0.5, 0.6) is 0 Å².